The molecule has 0 atom stereocenters. The molecular weight excluding hydrogens is 214 g/mol. The Morgan fingerprint density at radius 2 is 2.12 bits per heavy atom. The van der Waals surface area contributed by atoms with E-state index in [9.17, 15) is 0 Å². The number of rotatable bonds is 0. The maximum absolute atomic E-state index is 4.60. The summed E-state index contributed by atoms with van der Waals surface area (Å²) in [5, 5.41) is 2.21. The fourth-order valence-corrected chi connectivity index (χ4v) is 2.92. The van der Waals surface area contributed by atoms with Crippen LogP contribution in [-0.2, 0) is 11.8 Å². The molecule has 0 bridgehead atoms. The smallest absolute Gasteiger partial charge is 0.0500 e. The van der Waals surface area contributed by atoms with Crippen molar-refractivity contribution in [1.82, 2.24) is 4.98 Å². The lowest BCUT2D eigenvalue weighted by Gasteiger charge is -2.23. The number of hydrogen-bond donors (Lipinski definition) is 0. The van der Waals surface area contributed by atoms with Crippen molar-refractivity contribution in [3.05, 3.63) is 35.0 Å². The Balaban J connectivity index is 2.48. The monoisotopic (exact) mass is 233 g/mol. The minimum Gasteiger partial charge on any atom is -0.260 e. The van der Waals surface area contributed by atoms with E-state index in [0.717, 1.165) is 6.42 Å². The topological polar surface area (TPSA) is 12.9 Å². The largest absolute Gasteiger partial charge is 0.260 e. The second kappa shape index (κ2) is 4.62. The zero-order valence-electron chi connectivity index (χ0n) is 10.3. The molecule has 0 radical (unpaired) electrons. The van der Waals surface area contributed by atoms with Crippen LogP contribution < -0.4 is 0 Å². The standard InChI is InChI=1S/C14H19NS/c1-14(2,3)13-11-7-5-4-6-10-16-12(11)8-9-15-13/h6,8-10H,4-5,7H2,1-3H3/b10-6-. The van der Waals surface area contributed by atoms with Crippen LogP contribution in [0, 0.1) is 0 Å². The molecule has 1 aromatic rings. The van der Waals surface area contributed by atoms with E-state index < -0.39 is 0 Å². The van der Waals surface area contributed by atoms with Crippen LogP contribution in [0.1, 0.15) is 44.9 Å². The number of pyridine rings is 1. The van der Waals surface area contributed by atoms with Gasteiger partial charge in [0.1, 0.15) is 0 Å². The first-order valence-corrected chi connectivity index (χ1v) is 6.77. The van der Waals surface area contributed by atoms with E-state index in [1.807, 2.05) is 18.0 Å². The molecule has 2 heterocycles. The van der Waals surface area contributed by atoms with Gasteiger partial charge >= 0.3 is 0 Å². The van der Waals surface area contributed by atoms with Crippen molar-refractivity contribution in [2.75, 3.05) is 0 Å². The highest BCUT2D eigenvalue weighted by atomic mass is 32.2. The molecule has 0 aromatic carbocycles. The van der Waals surface area contributed by atoms with Gasteiger partial charge in [-0.05, 0) is 36.3 Å². The molecule has 0 aliphatic carbocycles. The van der Waals surface area contributed by atoms with E-state index >= 15 is 0 Å². The highest BCUT2D eigenvalue weighted by Crippen LogP contribution is 2.33. The number of thioether (sulfide) groups is 1. The van der Waals surface area contributed by atoms with E-state index in [0.29, 0.717) is 0 Å². The minimum absolute atomic E-state index is 0.148. The second-order valence-corrected chi connectivity index (χ2v) is 6.22. The number of hydrogen-bond acceptors (Lipinski definition) is 2. The van der Waals surface area contributed by atoms with Crippen LogP contribution >= 0.6 is 11.8 Å². The molecule has 0 amide bonds. The molecular formula is C14H19NS. The summed E-state index contributed by atoms with van der Waals surface area (Å²) in [7, 11) is 0. The van der Waals surface area contributed by atoms with Crippen molar-refractivity contribution in [3.63, 3.8) is 0 Å². The first kappa shape index (κ1) is 11.7. The van der Waals surface area contributed by atoms with Crippen molar-refractivity contribution in [1.29, 1.82) is 0 Å². The van der Waals surface area contributed by atoms with Gasteiger partial charge in [-0.15, -0.1) is 0 Å². The average molecular weight is 233 g/mol. The maximum Gasteiger partial charge on any atom is 0.0500 e. The van der Waals surface area contributed by atoms with Gasteiger partial charge in [-0.2, -0.15) is 0 Å². The summed E-state index contributed by atoms with van der Waals surface area (Å²) in [4.78, 5) is 5.98. The van der Waals surface area contributed by atoms with Crippen LogP contribution in [0.15, 0.2) is 28.6 Å². The molecule has 1 aliphatic heterocycles. The maximum atomic E-state index is 4.60. The molecule has 0 saturated carbocycles. The molecule has 0 fully saturated rings. The summed E-state index contributed by atoms with van der Waals surface area (Å²) < 4.78 is 0. The van der Waals surface area contributed by atoms with E-state index in [2.05, 4.69) is 43.3 Å². The SMILES string of the molecule is CC(C)(C)c1nccc2c1CCC/C=C\S2. The fourth-order valence-electron chi connectivity index (χ4n) is 2.06. The zero-order valence-corrected chi connectivity index (χ0v) is 11.1. The third-order valence-corrected chi connectivity index (χ3v) is 3.78. The van der Waals surface area contributed by atoms with E-state index in [1.54, 1.807) is 0 Å². The third kappa shape index (κ3) is 2.49. The number of aromatic nitrogens is 1. The molecule has 16 heavy (non-hydrogen) atoms. The van der Waals surface area contributed by atoms with Gasteiger partial charge in [-0.25, -0.2) is 0 Å². The average Bonchev–Trinajstić information content (AvgIpc) is 2.16. The summed E-state index contributed by atoms with van der Waals surface area (Å²) in [6.45, 7) is 6.73. The highest BCUT2D eigenvalue weighted by molar-refractivity contribution is 8.02. The van der Waals surface area contributed by atoms with Crippen LogP contribution in [0.5, 0.6) is 0 Å². The number of allylic oxidation sites excluding steroid dienone is 1. The predicted octanol–water partition coefficient (Wildman–Crippen LogP) is 4.32. The van der Waals surface area contributed by atoms with Gasteiger partial charge in [0, 0.05) is 22.2 Å². The Labute approximate surface area is 102 Å². The molecule has 1 aromatic heterocycles. The molecule has 0 unspecified atom stereocenters. The Hall–Kier alpha value is -0.760. The van der Waals surface area contributed by atoms with E-state index in [1.165, 1.54) is 29.0 Å². The zero-order chi connectivity index (χ0) is 11.6. The van der Waals surface area contributed by atoms with Gasteiger partial charge in [-0.3, -0.25) is 4.98 Å². The summed E-state index contributed by atoms with van der Waals surface area (Å²) in [5.74, 6) is 0. The molecule has 1 nitrogen and oxygen atoms in total. The van der Waals surface area contributed by atoms with Gasteiger partial charge in [0.2, 0.25) is 0 Å². The molecule has 1 aliphatic rings. The summed E-state index contributed by atoms with van der Waals surface area (Å²) in [6, 6.07) is 2.14. The quantitative estimate of drug-likeness (QED) is 0.662. The first-order chi connectivity index (χ1) is 7.59. The molecule has 0 saturated heterocycles. The molecule has 0 spiro atoms. The normalized spacial score (nSPS) is 18.4. The van der Waals surface area contributed by atoms with Gasteiger partial charge in [-0.1, -0.05) is 38.6 Å². The van der Waals surface area contributed by atoms with Crippen molar-refractivity contribution >= 4 is 11.8 Å². The Kier molecular flexibility index (Phi) is 3.38. The lowest BCUT2D eigenvalue weighted by atomic mass is 9.87. The predicted molar refractivity (Wildman–Crippen MR) is 70.9 cm³/mol. The molecule has 86 valence electrons. The third-order valence-electron chi connectivity index (χ3n) is 2.81. The van der Waals surface area contributed by atoms with Gasteiger partial charge < -0.3 is 0 Å². The van der Waals surface area contributed by atoms with Crippen LogP contribution in [0.2, 0.25) is 0 Å². The number of fused-ring (bicyclic) bond motifs is 1. The van der Waals surface area contributed by atoms with Gasteiger partial charge in [0.25, 0.3) is 0 Å². The van der Waals surface area contributed by atoms with E-state index in [4.69, 9.17) is 0 Å². The molecule has 2 rings (SSSR count). The van der Waals surface area contributed by atoms with Crippen LogP contribution in [0.4, 0.5) is 0 Å². The van der Waals surface area contributed by atoms with E-state index in [-0.39, 0.29) is 5.41 Å². The summed E-state index contributed by atoms with van der Waals surface area (Å²) >= 11 is 1.83. The van der Waals surface area contributed by atoms with Gasteiger partial charge in [0.05, 0.1) is 0 Å². The Morgan fingerprint density at radius 3 is 2.88 bits per heavy atom. The first-order valence-electron chi connectivity index (χ1n) is 5.89. The number of nitrogens with zero attached hydrogens (tertiary/aromatic N) is 1. The lowest BCUT2D eigenvalue weighted by molar-refractivity contribution is 0.554. The van der Waals surface area contributed by atoms with Crippen molar-refractivity contribution in [2.24, 2.45) is 0 Å². The van der Waals surface area contributed by atoms with Crippen molar-refractivity contribution in [2.45, 2.75) is 50.3 Å². The fraction of sp³-hybridized carbons (Fsp3) is 0.500. The highest BCUT2D eigenvalue weighted by Gasteiger charge is 2.21. The van der Waals surface area contributed by atoms with Gasteiger partial charge in [0.15, 0.2) is 0 Å². The van der Waals surface area contributed by atoms with Crippen molar-refractivity contribution < 1.29 is 0 Å². The second-order valence-electron chi connectivity index (χ2n) is 5.27. The summed E-state index contributed by atoms with van der Waals surface area (Å²) in [6.07, 6.45) is 7.80. The summed E-state index contributed by atoms with van der Waals surface area (Å²) in [5.41, 5.74) is 2.88. The van der Waals surface area contributed by atoms with Crippen LogP contribution in [0.25, 0.3) is 0 Å². The minimum atomic E-state index is 0.148. The Bertz CT molecular complexity index is 402. The lowest BCUT2D eigenvalue weighted by Crippen LogP contribution is -2.17. The Morgan fingerprint density at radius 1 is 1.31 bits per heavy atom. The van der Waals surface area contributed by atoms with Crippen molar-refractivity contribution in [3.8, 4) is 0 Å². The molecule has 2 heteroatoms. The molecule has 0 N–H and O–H groups in total. The van der Waals surface area contributed by atoms with Crippen LogP contribution in [0.3, 0.4) is 0 Å². The van der Waals surface area contributed by atoms with Crippen LogP contribution in [-0.4, -0.2) is 4.98 Å².